The smallest absolute Gasteiger partial charge is 0.338 e. The largest absolute Gasteiger partial charge is 0.478 e. The summed E-state index contributed by atoms with van der Waals surface area (Å²) in [4.78, 5) is 66.1. The van der Waals surface area contributed by atoms with Gasteiger partial charge in [-0.25, -0.2) is 9.59 Å². The summed E-state index contributed by atoms with van der Waals surface area (Å²) in [6.45, 7) is 0.248. The number of Topliss-reactive ketones (excluding diaryl/α,β-unsaturated/α-hetero) is 2. The van der Waals surface area contributed by atoms with Crippen LogP contribution in [-0.4, -0.2) is 65.7 Å². The molecule has 2 unspecified atom stereocenters. The third kappa shape index (κ3) is 10.3. The Morgan fingerprint density at radius 3 is 1.61 bits per heavy atom. The first-order valence-corrected chi connectivity index (χ1v) is 12.3. The number of ether oxygens (including phenoxy) is 3. The molecular weight excluding hydrogens is 564 g/mol. The number of aromatic carboxylic acids is 1. The van der Waals surface area contributed by atoms with Crippen LogP contribution in [0.5, 0.6) is 0 Å². The van der Waals surface area contributed by atoms with Crippen LogP contribution in [0.15, 0.2) is 60.7 Å². The van der Waals surface area contributed by atoms with Gasteiger partial charge in [0.05, 0.1) is 29.7 Å². The van der Waals surface area contributed by atoms with Crippen molar-refractivity contribution in [3.05, 3.63) is 71.8 Å². The third-order valence-corrected chi connectivity index (χ3v) is 5.71. The van der Waals surface area contributed by atoms with Gasteiger partial charge in [0.15, 0.2) is 18.2 Å². The molecule has 0 bridgehead atoms. The predicted molar refractivity (Wildman–Crippen MR) is 139 cm³/mol. The van der Waals surface area contributed by atoms with E-state index in [-0.39, 0.29) is 31.1 Å². The first-order valence-electron chi connectivity index (χ1n) is 11.2. The lowest BCUT2D eigenvalue weighted by atomic mass is 10.0. The van der Waals surface area contributed by atoms with Crippen molar-refractivity contribution < 1.29 is 48.1 Å². The number of rotatable bonds is 7. The van der Waals surface area contributed by atoms with E-state index in [9.17, 15) is 28.8 Å². The average Bonchev–Trinajstić information content (AvgIpc) is 3.56. The van der Waals surface area contributed by atoms with E-state index in [1.807, 2.05) is 0 Å². The fraction of sp³-hybridized carbons (Fsp3) is 0.333. The number of carboxylic acids is 1. The molecule has 2 saturated heterocycles. The SMILES string of the molecule is C.O=C(CBr)C1CCOC1=O.O=C(O)c1ccccc1.O=C(OCC(=O)C1CCOC1=O)c1ccccc1. The van der Waals surface area contributed by atoms with E-state index in [0.717, 1.165) is 0 Å². The number of carbonyl (C=O) groups is 6. The molecule has 1 N–H and O–H groups in total. The van der Waals surface area contributed by atoms with Crippen LogP contribution in [0, 0.1) is 11.8 Å². The van der Waals surface area contributed by atoms with Crippen molar-refractivity contribution in [2.45, 2.75) is 20.3 Å². The third-order valence-electron chi connectivity index (χ3n) is 5.16. The Morgan fingerprint density at radius 2 is 1.24 bits per heavy atom. The van der Waals surface area contributed by atoms with Crippen molar-refractivity contribution in [1.82, 2.24) is 0 Å². The molecule has 0 saturated carbocycles. The van der Waals surface area contributed by atoms with Crippen LogP contribution in [0.2, 0.25) is 0 Å². The van der Waals surface area contributed by atoms with E-state index in [2.05, 4.69) is 25.4 Å². The summed E-state index contributed by atoms with van der Waals surface area (Å²) in [6, 6.07) is 16.7. The zero-order valence-corrected chi connectivity index (χ0v) is 21.3. The van der Waals surface area contributed by atoms with Gasteiger partial charge >= 0.3 is 23.9 Å². The fourth-order valence-corrected chi connectivity index (χ4v) is 3.54. The van der Waals surface area contributed by atoms with Gasteiger partial charge in [0, 0.05) is 12.8 Å². The highest BCUT2D eigenvalue weighted by Gasteiger charge is 2.33. The number of halogens is 1. The summed E-state index contributed by atoms with van der Waals surface area (Å²) in [5, 5.41) is 8.63. The maximum atomic E-state index is 11.6. The molecule has 2 fully saturated rings. The molecule has 204 valence electrons. The van der Waals surface area contributed by atoms with Crippen LogP contribution in [0.1, 0.15) is 41.0 Å². The predicted octanol–water partition coefficient (Wildman–Crippen LogP) is 3.51. The second kappa shape index (κ2) is 16.8. The molecule has 2 aromatic carbocycles. The summed E-state index contributed by atoms with van der Waals surface area (Å²) in [7, 11) is 0. The molecule has 11 heteroatoms. The molecule has 10 nitrogen and oxygen atoms in total. The number of benzene rings is 2. The molecular formula is C27H29BrO10. The second-order valence-corrected chi connectivity index (χ2v) is 8.26. The molecule has 2 aliphatic rings. The monoisotopic (exact) mass is 592 g/mol. The number of ketones is 2. The van der Waals surface area contributed by atoms with Gasteiger partial charge in [-0.1, -0.05) is 59.8 Å². The van der Waals surface area contributed by atoms with Crippen LogP contribution in [0.25, 0.3) is 0 Å². The minimum Gasteiger partial charge on any atom is -0.478 e. The maximum Gasteiger partial charge on any atom is 0.338 e. The quantitative estimate of drug-likeness (QED) is 0.219. The number of alkyl halides is 1. The molecule has 2 atom stereocenters. The van der Waals surface area contributed by atoms with E-state index in [1.54, 1.807) is 60.7 Å². The van der Waals surface area contributed by atoms with Crippen molar-refractivity contribution in [3.8, 4) is 0 Å². The zero-order chi connectivity index (χ0) is 27.2. The van der Waals surface area contributed by atoms with Gasteiger partial charge in [0.1, 0.15) is 11.8 Å². The van der Waals surface area contributed by atoms with Crippen LogP contribution in [-0.2, 0) is 33.4 Å². The van der Waals surface area contributed by atoms with Crippen LogP contribution >= 0.6 is 15.9 Å². The summed E-state index contributed by atoms with van der Waals surface area (Å²) in [5.41, 5.74) is 0.705. The van der Waals surface area contributed by atoms with Gasteiger partial charge in [-0.05, 0) is 24.3 Å². The van der Waals surface area contributed by atoms with Crippen molar-refractivity contribution in [2.75, 3.05) is 25.2 Å². The number of esters is 3. The van der Waals surface area contributed by atoms with Crippen molar-refractivity contribution in [2.24, 2.45) is 11.8 Å². The average molecular weight is 593 g/mol. The van der Waals surface area contributed by atoms with Crippen LogP contribution in [0.4, 0.5) is 0 Å². The number of cyclic esters (lactones) is 2. The normalized spacial score (nSPS) is 17.2. The lowest BCUT2D eigenvalue weighted by molar-refractivity contribution is -0.146. The highest BCUT2D eigenvalue weighted by atomic mass is 79.9. The summed E-state index contributed by atoms with van der Waals surface area (Å²) in [5.74, 6) is -4.14. The topological polar surface area (TPSA) is 150 Å². The number of hydrogen-bond donors (Lipinski definition) is 1. The maximum absolute atomic E-state index is 11.6. The molecule has 2 aliphatic heterocycles. The number of carbonyl (C=O) groups excluding carboxylic acids is 5. The molecule has 0 aromatic heterocycles. The Balaban J connectivity index is 0.000000307. The molecule has 2 aromatic rings. The summed E-state index contributed by atoms with van der Waals surface area (Å²) >= 11 is 2.99. The van der Waals surface area contributed by atoms with Crippen molar-refractivity contribution >= 4 is 51.4 Å². The second-order valence-electron chi connectivity index (χ2n) is 7.70. The van der Waals surface area contributed by atoms with Gasteiger partial charge in [0.2, 0.25) is 0 Å². The molecule has 2 heterocycles. The van der Waals surface area contributed by atoms with Crippen molar-refractivity contribution in [3.63, 3.8) is 0 Å². The molecule has 0 amide bonds. The van der Waals surface area contributed by atoms with E-state index < -0.39 is 42.1 Å². The van der Waals surface area contributed by atoms with E-state index in [1.165, 1.54) is 0 Å². The van der Waals surface area contributed by atoms with Gasteiger partial charge in [-0.15, -0.1) is 0 Å². The molecule has 4 rings (SSSR count). The van der Waals surface area contributed by atoms with Crippen LogP contribution < -0.4 is 0 Å². The lowest BCUT2D eigenvalue weighted by Gasteiger charge is -2.06. The zero-order valence-electron chi connectivity index (χ0n) is 19.7. The Hall–Kier alpha value is -3.86. The first-order chi connectivity index (χ1) is 17.7. The van der Waals surface area contributed by atoms with E-state index >= 15 is 0 Å². The Labute approximate surface area is 228 Å². The van der Waals surface area contributed by atoms with Crippen LogP contribution in [0.3, 0.4) is 0 Å². The van der Waals surface area contributed by atoms with Gasteiger partial charge < -0.3 is 19.3 Å². The number of carboxylic acid groups (broad SMARTS) is 1. The van der Waals surface area contributed by atoms with E-state index in [0.29, 0.717) is 30.6 Å². The lowest BCUT2D eigenvalue weighted by Crippen LogP contribution is -2.25. The van der Waals surface area contributed by atoms with E-state index in [4.69, 9.17) is 9.84 Å². The summed E-state index contributed by atoms with van der Waals surface area (Å²) in [6.07, 6.45) is 0.907. The van der Waals surface area contributed by atoms with Gasteiger partial charge in [0.25, 0.3) is 0 Å². The highest BCUT2D eigenvalue weighted by molar-refractivity contribution is 9.09. The Bertz CT molecular complexity index is 1100. The van der Waals surface area contributed by atoms with Gasteiger partial charge in [-0.3, -0.25) is 19.2 Å². The number of hydrogen-bond acceptors (Lipinski definition) is 9. The van der Waals surface area contributed by atoms with Gasteiger partial charge in [-0.2, -0.15) is 0 Å². The molecule has 0 radical (unpaired) electrons. The molecule has 0 aliphatic carbocycles. The van der Waals surface area contributed by atoms with Crippen molar-refractivity contribution in [1.29, 1.82) is 0 Å². The first kappa shape index (κ1) is 32.2. The fourth-order valence-electron chi connectivity index (χ4n) is 3.15. The Kier molecular flexibility index (Phi) is 14.2. The molecule has 0 spiro atoms. The summed E-state index contributed by atoms with van der Waals surface area (Å²) < 4.78 is 14.1. The Morgan fingerprint density at radius 1 is 0.789 bits per heavy atom. The minimum atomic E-state index is -0.879. The highest BCUT2D eigenvalue weighted by Crippen LogP contribution is 2.16. The minimum absolute atomic E-state index is 0. The molecule has 38 heavy (non-hydrogen) atoms. The standard InChI is InChI=1S/C13H12O5.C7H6O2.C6H7BrO3.CH4/c14-11(10-6-7-17-13(10)16)8-18-12(15)9-4-2-1-3-5-9;8-7(9)6-4-2-1-3-5-6;7-3-5(8)4-1-2-10-6(4)9;/h1-5,10H,6-8H2;1-5H,(H,8,9);4H,1-3H2;1H4.